The number of halogens is 2. The minimum absolute atomic E-state index is 0.112. The number of rotatable bonds is 4. The second-order valence-corrected chi connectivity index (χ2v) is 6.30. The molecule has 1 aromatic carbocycles. The molecule has 5 heteroatoms. The van der Waals surface area contributed by atoms with E-state index in [1.54, 1.807) is 18.2 Å². The van der Waals surface area contributed by atoms with Crippen molar-refractivity contribution in [2.75, 3.05) is 11.9 Å². The predicted octanol–water partition coefficient (Wildman–Crippen LogP) is 4.10. The van der Waals surface area contributed by atoms with Gasteiger partial charge in [0, 0.05) is 6.04 Å². The second-order valence-electron chi connectivity index (χ2n) is 5.48. The number of hydrogen-bond donors (Lipinski definition) is 2. The fourth-order valence-corrected chi connectivity index (χ4v) is 2.99. The summed E-state index contributed by atoms with van der Waals surface area (Å²) in [4.78, 5) is 11.9. The smallest absolute Gasteiger partial charge is 0.238 e. The van der Waals surface area contributed by atoms with Crippen molar-refractivity contribution in [2.45, 2.75) is 38.6 Å². The third kappa shape index (κ3) is 4.37. The molecule has 1 aromatic rings. The maximum absolute atomic E-state index is 11.9. The summed E-state index contributed by atoms with van der Waals surface area (Å²) < 4.78 is 0. The lowest BCUT2D eigenvalue weighted by Gasteiger charge is -2.26. The molecule has 110 valence electrons. The zero-order chi connectivity index (χ0) is 14.5. The van der Waals surface area contributed by atoms with Crippen molar-refractivity contribution in [2.24, 2.45) is 5.92 Å². The Hall–Kier alpha value is -0.770. The van der Waals surface area contributed by atoms with Gasteiger partial charge in [-0.2, -0.15) is 0 Å². The van der Waals surface area contributed by atoms with Gasteiger partial charge in [0.2, 0.25) is 5.91 Å². The van der Waals surface area contributed by atoms with Gasteiger partial charge in [-0.05, 0) is 43.7 Å². The number of benzene rings is 1. The molecule has 2 N–H and O–H groups in total. The lowest BCUT2D eigenvalue weighted by molar-refractivity contribution is -0.115. The number of carbonyl (C=O) groups is 1. The minimum atomic E-state index is -0.112. The average Bonchev–Trinajstić information content (AvgIpc) is 2.42. The maximum Gasteiger partial charge on any atom is 0.238 e. The summed E-state index contributed by atoms with van der Waals surface area (Å²) in [7, 11) is 0. The first-order valence-electron chi connectivity index (χ1n) is 7.03. The highest BCUT2D eigenvalue weighted by molar-refractivity contribution is 6.39. The molecule has 2 rings (SSSR count). The van der Waals surface area contributed by atoms with Crippen molar-refractivity contribution in [3.8, 4) is 0 Å². The highest BCUT2D eigenvalue weighted by atomic mass is 35.5. The van der Waals surface area contributed by atoms with Crippen molar-refractivity contribution >= 4 is 34.8 Å². The van der Waals surface area contributed by atoms with E-state index in [0.29, 0.717) is 28.3 Å². The normalized spacial score (nSPS) is 22.6. The molecule has 0 spiro atoms. The van der Waals surface area contributed by atoms with E-state index in [2.05, 4.69) is 17.6 Å². The van der Waals surface area contributed by atoms with Gasteiger partial charge in [-0.3, -0.25) is 4.79 Å². The third-order valence-corrected chi connectivity index (χ3v) is 4.42. The van der Waals surface area contributed by atoms with Crippen molar-refractivity contribution in [3.63, 3.8) is 0 Å². The molecule has 3 nitrogen and oxygen atoms in total. The third-order valence-electron chi connectivity index (χ3n) is 3.79. The zero-order valence-electron chi connectivity index (χ0n) is 11.6. The molecule has 0 atom stereocenters. The van der Waals surface area contributed by atoms with E-state index in [0.717, 1.165) is 18.8 Å². The summed E-state index contributed by atoms with van der Waals surface area (Å²) in [5.74, 6) is 0.697. The van der Waals surface area contributed by atoms with Gasteiger partial charge in [0.15, 0.2) is 0 Å². The van der Waals surface area contributed by atoms with Crippen LogP contribution in [0.2, 0.25) is 10.0 Å². The molecule has 1 aliphatic carbocycles. The predicted molar refractivity (Wildman–Crippen MR) is 84.5 cm³/mol. The Kier molecular flexibility index (Phi) is 5.70. The molecule has 1 aliphatic rings. The Labute approximate surface area is 130 Å². The standard InChI is InChI=1S/C15H20Cl2N2O/c1-10-5-7-11(8-6-10)18-9-14(20)19-15-12(16)3-2-4-13(15)17/h2-4,10-11,18H,5-9H2,1H3,(H,19,20). The van der Waals surface area contributed by atoms with Gasteiger partial charge >= 0.3 is 0 Å². The summed E-state index contributed by atoms with van der Waals surface area (Å²) in [6.07, 6.45) is 4.74. The number of hydrogen-bond acceptors (Lipinski definition) is 2. The van der Waals surface area contributed by atoms with Gasteiger partial charge in [0.1, 0.15) is 0 Å². The topological polar surface area (TPSA) is 41.1 Å². The SMILES string of the molecule is CC1CCC(NCC(=O)Nc2c(Cl)cccc2Cl)CC1. The van der Waals surface area contributed by atoms with Crippen molar-refractivity contribution in [1.29, 1.82) is 0 Å². The molecular formula is C15H20Cl2N2O. The number of amides is 1. The zero-order valence-corrected chi connectivity index (χ0v) is 13.1. The molecule has 0 bridgehead atoms. The molecule has 0 aliphatic heterocycles. The summed E-state index contributed by atoms with van der Waals surface area (Å²) in [5, 5.41) is 6.98. The molecular weight excluding hydrogens is 295 g/mol. The lowest BCUT2D eigenvalue weighted by Crippen LogP contribution is -2.38. The molecule has 0 aromatic heterocycles. The highest BCUT2D eigenvalue weighted by Crippen LogP contribution is 2.29. The van der Waals surface area contributed by atoms with Gasteiger partial charge in [-0.1, -0.05) is 36.2 Å². The quantitative estimate of drug-likeness (QED) is 0.878. The van der Waals surface area contributed by atoms with Gasteiger partial charge in [0.05, 0.1) is 22.3 Å². The Morgan fingerprint density at radius 3 is 2.40 bits per heavy atom. The van der Waals surface area contributed by atoms with Crippen LogP contribution in [-0.2, 0) is 4.79 Å². The Bertz CT molecular complexity index is 451. The maximum atomic E-state index is 11.9. The van der Waals surface area contributed by atoms with E-state index in [-0.39, 0.29) is 5.91 Å². The van der Waals surface area contributed by atoms with Crippen LogP contribution in [0.5, 0.6) is 0 Å². The largest absolute Gasteiger partial charge is 0.322 e. The molecule has 0 radical (unpaired) electrons. The van der Waals surface area contributed by atoms with E-state index < -0.39 is 0 Å². The first kappa shape index (κ1) is 15.6. The van der Waals surface area contributed by atoms with Crippen LogP contribution in [0.25, 0.3) is 0 Å². The van der Waals surface area contributed by atoms with Crippen LogP contribution in [0.1, 0.15) is 32.6 Å². The Balaban J connectivity index is 1.81. The highest BCUT2D eigenvalue weighted by Gasteiger charge is 2.18. The van der Waals surface area contributed by atoms with Gasteiger partial charge in [-0.15, -0.1) is 0 Å². The molecule has 1 fully saturated rings. The lowest BCUT2D eigenvalue weighted by atomic mass is 9.87. The van der Waals surface area contributed by atoms with Crippen LogP contribution in [-0.4, -0.2) is 18.5 Å². The van der Waals surface area contributed by atoms with Gasteiger partial charge in [0.25, 0.3) is 0 Å². The van der Waals surface area contributed by atoms with Crippen LogP contribution in [0.3, 0.4) is 0 Å². The van der Waals surface area contributed by atoms with E-state index in [1.807, 2.05) is 0 Å². The number of para-hydroxylation sites is 1. The minimum Gasteiger partial charge on any atom is -0.322 e. The molecule has 0 unspecified atom stereocenters. The van der Waals surface area contributed by atoms with Crippen LogP contribution in [0, 0.1) is 5.92 Å². The number of nitrogens with one attached hydrogen (secondary N) is 2. The first-order valence-corrected chi connectivity index (χ1v) is 7.79. The van der Waals surface area contributed by atoms with Crippen molar-refractivity contribution in [1.82, 2.24) is 5.32 Å². The van der Waals surface area contributed by atoms with Crippen LogP contribution >= 0.6 is 23.2 Å². The van der Waals surface area contributed by atoms with Crippen LogP contribution < -0.4 is 10.6 Å². The molecule has 0 saturated heterocycles. The fraction of sp³-hybridized carbons (Fsp3) is 0.533. The van der Waals surface area contributed by atoms with E-state index >= 15 is 0 Å². The number of carbonyl (C=O) groups excluding carboxylic acids is 1. The van der Waals surface area contributed by atoms with E-state index in [1.165, 1.54) is 12.8 Å². The molecule has 1 saturated carbocycles. The monoisotopic (exact) mass is 314 g/mol. The summed E-state index contributed by atoms with van der Waals surface area (Å²) >= 11 is 12.0. The van der Waals surface area contributed by atoms with E-state index in [4.69, 9.17) is 23.2 Å². The second kappa shape index (κ2) is 7.30. The van der Waals surface area contributed by atoms with Crippen LogP contribution in [0.4, 0.5) is 5.69 Å². The summed E-state index contributed by atoms with van der Waals surface area (Å²) in [5.41, 5.74) is 0.486. The van der Waals surface area contributed by atoms with Crippen molar-refractivity contribution < 1.29 is 4.79 Å². The molecule has 20 heavy (non-hydrogen) atoms. The van der Waals surface area contributed by atoms with Gasteiger partial charge < -0.3 is 10.6 Å². The fourth-order valence-electron chi connectivity index (χ4n) is 2.50. The summed E-state index contributed by atoms with van der Waals surface area (Å²) in [6, 6.07) is 5.61. The van der Waals surface area contributed by atoms with Gasteiger partial charge in [-0.25, -0.2) is 0 Å². The summed E-state index contributed by atoms with van der Waals surface area (Å²) in [6.45, 7) is 2.57. The number of anilines is 1. The van der Waals surface area contributed by atoms with Crippen LogP contribution in [0.15, 0.2) is 18.2 Å². The van der Waals surface area contributed by atoms with E-state index in [9.17, 15) is 4.79 Å². The Morgan fingerprint density at radius 2 is 1.80 bits per heavy atom. The van der Waals surface area contributed by atoms with Crippen molar-refractivity contribution in [3.05, 3.63) is 28.2 Å². The first-order chi connectivity index (χ1) is 9.56. The molecule has 0 heterocycles. The molecule has 1 amide bonds. The Morgan fingerprint density at radius 1 is 1.20 bits per heavy atom. The average molecular weight is 315 g/mol.